The molecule has 3 heteroatoms. The van der Waals surface area contributed by atoms with Crippen molar-refractivity contribution in [2.24, 2.45) is 0 Å². The fraction of sp³-hybridized carbons (Fsp3) is 0.100. The number of nitrogens with one attached hydrogen (secondary N) is 1. The second kappa shape index (κ2) is 6.88. The van der Waals surface area contributed by atoms with Crippen LogP contribution >= 0.6 is 0 Å². The summed E-state index contributed by atoms with van der Waals surface area (Å²) >= 11 is 0. The molecule has 1 aromatic heterocycles. The third-order valence-electron chi connectivity index (χ3n) is 3.67. The van der Waals surface area contributed by atoms with Gasteiger partial charge in [0, 0.05) is 24.5 Å². The summed E-state index contributed by atoms with van der Waals surface area (Å²) in [7, 11) is 0. The molecule has 0 unspecified atom stereocenters. The largest absolute Gasteiger partial charge is 0.348 e. The molecule has 0 radical (unpaired) electrons. The van der Waals surface area contributed by atoms with E-state index in [2.05, 4.69) is 22.4 Å². The SMILES string of the molecule is Cc1cccc(C(=O)NCc2cccc(-c3ccncc3)c2)c1. The Labute approximate surface area is 136 Å². The van der Waals surface area contributed by atoms with E-state index in [1.165, 1.54) is 0 Å². The van der Waals surface area contributed by atoms with Crippen LogP contribution in [0.2, 0.25) is 0 Å². The van der Waals surface area contributed by atoms with Crippen molar-refractivity contribution < 1.29 is 4.79 Å². The van der Waals surface area contributed by atoms with Crippen LogP contribution in [0.4, 0.5) is 0 Å². The van der Waals surface area contributed by atoms with E-state index in [0.717, 1.165) is 22.3 Å². The van der Waals surface area contributed by atoms with E-state index in [1.54, 1.807) is 12.4 Å². The number of aromatic nitrogens is 1. The van der Waals surface area contributed by atoms with Crippen LogP contribution in [0.25, 0.3) is 11.1 Å². The molecule has 0 aliphatic carbocycles. The van der Waals surface area contributed by atoms with E-state index in [9.17, 15) is 4.79 Å². The van der Waals surface area contributed by atoms with Crippen molar-refractivity contribution in [3.8, 4) is 11.1 Å². The standard InChI is InChI=1S/C20H18N2O/c1-15-4-2-7-19(12-15)20(23)22-14-16-5-3-6-18(13-16)17-8-10-21-11-9-17/h2-13H,14H2,1H3,(H,22,23). The molecule has 3 nitrogen and oxygen atoms in total. The first-order chi connectivity index (χ1) is 11.2. The van der Waals surface area contributed by atoms with Gasteiger partial charge in [-0.3, -0.25) is 9.78 Å². The molecule has 3 aromatic rings. The first kappa shape index (κ1) is 15.0. The van der Waals surface area contributed by atoms with Crippen molar-refractivity contribution in [1.82, 2.24) is 10.3 Å². The van der Waals surface area contributed by atoms with E-state index in [0.29, 0.717) is 12.1 Å². The van der Waals surface area contributed by atoms with E-state index < -0.39 is 0 Å². The van der Waals surface area contributed by atoms with Gasteiger partial charge in [0.1, 0.15) is 0 Å². The van der Waals surface area contributed by atoms with Crippen molar-refractivity contribution in [3.05, 3.63) is 89.7 Å². The van der Waals surface area contributed by atoms with Gasteiger partial charge < -0.3 is 5.32 Å². The van der Waals surface area contributed by atoms with Gasteiger partial charge in [0.25, 0.3) is 5.91 Å². The van der Waals surface area contributed by atoms with Crippen LogP contribution in [-0.2, 0) is 6.54 Å². The quantitative estimate of drug-likeness (QED) is 0.792. The summed E-state index contributed by atoms with van der Waals surface area (Å²) < 4.78 is 0. The number of nitrogens with zero attached hydrogens (tertiary/aromatic N) is 1. The predicted octanol–water partition coefficient (Wildman–Crippen LogP) is 3.99. The first-order valence-corrected chi connectivity index (χ1v) is 7.56. The van der Waals surface area contributed by atoms with Crippen LogP contribution in [0.3, 0.4) is 0 Å². The van der Waals surface area contributed by atoms with E-state index in [-0.39, 0.29) is 5.91 Å². The second-order valence-electron chi connectivity index (χ2n) is 5.49. The lowest BCUT2D eigenvalue weighted by molar-refractivity contribution is 0.0951. The van der Waals surface area contributed by atoms with Gasteiger partial charge in [0.15, 0.2) is 0 Å². The zero-order valence-electron chi connectivity index (χ0n) is 13.0. The molecule has 114 valence electrons. The number of aryl methyl sites for hydroxylation is 1. The normalized spacial score (nSPS) is 10.3. The van der Waals surface area contributed by atoms with Crippen LogP contribution < -0.4 is 5.32 Å². The Morgan fingerprint density at radius 2 is 1.74 bits per heavy atom. The van der Waals surface area contributed by atoms with Gasteiger partial charge in [-0.25, -0.2) is 0 Å². The van der Waals surface area contributed by atoms with Gasteiger partial charge in [-0.05, 0) is 53.9 Å². The molecule has 0 fully saturated rings. The van der Waals surface area contributed by atoms with E-state index in [4.69, 9.17) is 0 Å². The number of carbonyl (C=O) groups is 1. The summed E-state index contributed by atoms with van der Waals surface area (Å²) in [6.45, 7) is 2.49. The summed E-state index contributed by atoms with van der Waals surface area (Å²) in [5.74, 6) is -0.0528. The molecule has 0 atom stereocenters. The summed E-state index contributed by atoms with van der Waals surface area (Å²) in [4.78, 5) is 16.2. The molecular weight excluding hydrogens is 284 g/mol. The van der Waals surface area contributed by atoms with Crippen LogP contribution in [0.5, 0.6) is 0 Å². The molecule has 1 amide bonds. The highest BCUT2D eigenvalue weighted by molar-refractivity contribution is 5.94. The maximum atomic E-state index is 12.2. The smallest absolute Gasteiger partial charge is 0.251 e. The number of carbonyl (C=O) groups excluding carboxylic acids is 1. The Morgan fingerprint density at radius 3 is 2.52 bits per heavy atom. The van der Waals surface area contributed by atoms with Gasteiger partial charge in [-0.2, -0.15) is 0 Å². The maximum Gasteiger partial charge on any atom is 0.251 e. The molecule has 0 aliphatic heterocycles. The molecule has 23 heavy (non-hydrogen) atoms. The Morgan fingerprint density at radius 1 is 0.957 bits per heavy atom. The second-order valence-corrected chi connectivity index (χ2v) is 5.49. The lowest BCUT2D eigenvalue weighted by Gasteiger charge is -2.08. The molecule has 0 spiro atoms. The van der Waals surface area contributed by atoms with Crippen molar-refractivity contribution in [2.45, 2.75) is 13.5 Å². The summed E-state index contributed by atoms with van der Waals surface area (Å²) in [6.07, 6.45) is 3.56. The number of benzene rings is 2. The average Bonchev–Trinajstić information content (AvgIpc) is 2.61. The van der Waals surface area contributed by atoms with Crippen LogP contribution in [0.1, 0.15) is 21.5 Å². The van der Waals surface area contributed by atoms with Crippen LogP contribution in [0, 0.1) is 6.92 Å². The van der Waals surface area contributed by atoms with E-state index in [1.807, 2.05) is 55.5 Å². The van der Waals surface area contributed by atoms with Crippen molar-refractivity contribution in [2.75, 3.05) is 0 Å². The molecule has 2 aromatic carbocycles. The highest BCUT2D eigenvalue weighted by Gasteiger charge is 2.05. The third kappa shape index (κ3) is 3.83. The molecule has 0 saturated carbocycles. The zero-order valence-corrected chi connectivity index (χ0v) is 13.0. The minimum atomic E-state index is -0.0528. The van der Waals surface area contributed by atoms with E-state index >= 15 is 0 Å². The molecule has 0 saturated heterocycles. The Balaban J connectivity index is 1.70. The van der Waals surface area contributed by atoms with Crippen molar-refractivity contribution in [3.63, 3.8) is 0 Å². The molecule has 1 heterocycles. The van der Waals surface area contributed by atoms with Gasteiger partial charge in [0.05, 0.1) is 0 Å². The molecule has 0 bridgehead atoms. The molecule has 0 aliphatic rings. The van der Waals surface area contributed by atoms with Crippen LogP contribution in [0.15, 0.2) is 73.1 Å². The van der Waals surface area contributed by atoms with Gasteiger partial charge in [-0.1, -0.05) is 35.9 Å². The molecule has 3 rings (SSSR count). The monoisotopic (exact) mass is 302 g/mol. The highest BCUT2D eigenvalue weighted by Crippen LogP contribution is 2.19. The fourth-order valence-electron chi connectivity index (χ4n) is 2.48. The fourth-order valence-corrected chi connectivity index (χ4v) is 2.48. The Bertz CT molecular complexity index is 813. The Kier molecular flexibility index (Phi) is 4.48. The van der Waals surface area contributed by atoms with Crippen molar-refractivity contribution >= 4 is 5.91 Å². The molecular formula is C20H18N2O. The highest BCUT2D eigenvalue weighted by atomic mass is 16.1. The third-order valence-corrected chi connectivity index (χ3v) is 3.67. The number of rotatable bonds is 4. The predicted molar refractivity (Wildman–Crippen MR) is 92.0 cm³/mol. The number of pyridine rings is 1. The van der Waals surface area contributed by atoms with Crippen LogP contribution in [-0.4, -0.2) is 10.9 Å². The lowest BCUT2D eigenvalue weighted by atomic mass is 10.0. The van der Waals surface area contributed by atoms with Gasteiger partial charge in [-0.15, -0.1) is 0 Å². The number of hydrogen-bond acceptors (Lipinski definition) is 2. The van der Waals surface area contributed by atoms with Gasteiger partial charge >= 0.3 is 0 Å². The number of hydrogen-bond donors (Lipinski definition) is 1. The first-order valence-electron chi connectivity index (χ1n) is 7.56. The molecule has 1 N–H and O–H groups in total. The van der Waals surface area contributed by atoms with Gasteiger partial charge in [0.2, 0.25) is 0 Å². The topological polar surface area (TPSA) is 42.0 Å². The minimum absolute atomic E-state index is 0.0528. The average molecular weight is 302 g/mol. The minimum Gasteiger partial charge on any atom is -0.348 e. The summed E-state index contributed by atoms with van der Waals surface area (Å²) in [6, 6.07) is 19.7. The number of amides is 1. The Hall–Kier alpha value is -2.94. The summed E-state index contributed by atoms with van der Waals surface area (Å²) in [5.41, 5.74) is 5.08. The lowest BCUT2D eigenvalue weighted by Crippen LogP contribution is -2.22. The zero-order chi connectivity index (χ0) is 16.1. The maximum absolute atomic E-state index is 12.2. The van der Waals surface area contributed by atoms with Crippen molar-refractivity contribution in [1.29, 1.82) is 0 Å². The summed E-state index contributed by atoms with van der Waals surface area (Å²) in [5, 5.41) is 2.97.